The van der Waals surface area contributed by atoms with Crippen LogP contribution < -0.4 is 5.32 Å². The van der Waals surface area contributed by atoms with Crippen molar-refractivity contribution in [1.82, 2.24) is 0 Å². The molecule has 0 aromatic heterocycles. The fourth-order valence-corrected chi connectivity index (χ4v) is 3.24. The van der Waals surface area contributed by atoms with E-state index in [1.54, 1.807) is 6.07 Å². The maximum Gasteiger partial charge on any atom is 0.337 e. The Hall–Kier alpha value is -0.130. The monoisotopic (exact) mass is 463 g/mol. The average Bonchev–Trinajstić information content (AvgIpc) is 2.26. The number of carbonyl (C=O) groups is 1. The van der Waals surface area contributed by atoms with Gasteiger partial charge in [-0.2, -0.15) is 0 Å². The lowest BCUT2D eigenvalue weighted by Crippen LogP contribution is -2.24. The number of aromatic carboxylic acids is 1. The van der Waals surface area contributed by atoms with Crippen LogP contribution in [0, 0.1) is 7.14 Å². The lowest BCUT2D eigenvalue weighted by molar-refractivity contribution is 0.0697. The van der Waals surface area contributed by atoms with Crippen molar-refractivity contribution in [3.05, 3.63) is 24.8 Å². The Morgan fingerprint density at radius 3 is 2.59 bits per heavy atom. The molecule has 0 saturated carbocycles. The second kappa shape index (κ2) is 6.71. The predicted molar refractivity (Wildman–Crippen MR) is 80.4 cm³/mol. The number of nitrogens with one attached hydrogen (secondary N) is 1. The van der Waals surface area contributed by atoms with Gasteiger partial charge in [0.2, 0.25) is 0 Å². The predicted octanol–water partition coefficient (Wildman–Crippen LogP) is 1.36. The molecule has 1 unspecified atom stereocenters. The largest absolute Gasteiger partial charge is 0.478 e. The molecule has 0 heterocycles. The van der Waals surface area contributed by atoms with Crippen LogP contribution in [0.5, 0.6) is 0 Å². The van der Waals surface area contributed by atoms with Crippen molar-refractivity contribution in [2.24, 2.45) is 0 Å². The summed E-state index contributed by atoms with van der Waals surface area (Å²) < 4.78 is 1.59. The van der Waals surface area contributed by atoms with Crippen molar-refractivity contribution >= 4 is 56.8 Å². The molecule has 0 aliphatic heterocycles. The summed E-state index contributed by atoms with van der Waals surface area (Å²) in [6.45, 7) is -0.260. The Bertz CT molecular complexity index is 425. The van der Waals surface area contributed by atoms with Crippen LogP contribution >= 0.6 is 45.2 Å². The van der Waals surface area contributed by atoms with E-state index in [2.05, 4.69) is 5.32 Å². The molecule has 0 fully saturated rings. The van der Waals surface area contributed by atoms with E-state index >= 15 is 0 Å². The smallest absolute Gasteiger partial charge is 0.337 e. The van der Waals surface area contributed by atoms with Crippen molar-refractivity contribution in [2.45, 2.75) is 6.10 Å². The van der Waals surface area contributed by atoms with Crippen molar-refractivity contribution in [1.29, 1.82) is 0 Å². The Balaban J connectivity index is 3.00. The van der Waals surface area contributed by atoms with E-state index in [1.165, 1.54) is 0 Å². The summed E-state index contributed by atoms with van der Waals surface area (Å²) in [7, 11) is 0. The Kier molecular flexibility index (Phi) is 5.89. The zero-order valence-electron chi connectivity index (χ0n) is 8.65. The number of benzene rings is 1. The minimum absolute atomic E-state index is 0.105. The summed E-state index contributed by atoms with van der Waals surface area (Å²) in [6, 6.07) is 3.39. The molecule has 94 valence electrons. The highest BCUT2D eigenvalue weighted by atomic mass is 127. The summed E-state index contributed by atoms with van der Waals surface area (Å²) in [5.41, 5.74) is 0.623. The molecule has 7 heteroatoms. The van der Waals surface area contributed by atoms with E-state index in [0.717, 1.165) is 7.14 Å². The number of aliphatic hydroxyl groups is 2. The fraction of sp³-hybridized carbons (Fsp3) is 0.300. The number of anilines is 1. The summed E-state index contributed by atoms with van der Waals surface area (Å²) in [6.07, 6.45) is -0.910. The Morgan fingerprint density at radius 2 is 2.06 bits per heavy atom. The number of carboxylic acids is 1. The van der Waals surface area contributed by atoms with Gasteiger partial charge >= 0.3 is 5.97 Å². The van der Waals surface area contributed by atoms with Crippen LogP contribution in [0.25, 0.3) is 0 Å². The number of hydrogen-bond donors (Lipinski definition) is 4. The molecule has 5 nitrogen and oxygen atoms in total. The van der Waals surface area contributed by atoms with Gasteiger partial charge in [-0.25, -0.2) is 4.79 Å². The SMILES string of the molecule is O=C(O)c1cc(I)cc(I)c1NCC(O)CO. The van der Waals surface area contributed by atoms with Gasteiger partial charge in [-0.1, -0.05) is 0 Å². The van der Waals surface area contributed by atoms with Crippen LogP contribution in [0.2, 0.25) is 0 Å². The molecular weight excluding hydrogens is 452 g/mol. The van der Waals surface area contributed by atoms with Gasteiger partial charge in [0.1, 0.15) is 0 Å². The molecule has 17 heavy (non-hydrogen) atoms. The quantitative estimate of drug-likeness (QED) is 0.496. The second-order valence-electron chi connectivity index (χ2n) is 3.33. The van der Waals surface area contributed by atoms with Crippen LogP contribution in [0.15, 0.2) is 12.1 Å². The fourth-order valence-electron chi connectivity index (χ4n) is 1.21. The zero-order chi connectivity index (χ0) is 13.0. The lowest BCUT2D eigenvalue weighted by Gasteiger charge is -2.14. The Morgan fingerprint density at radius 1 is 1.41 bits per heavy atom. The van der Waals surface area contributed by atoms with Gasteiger partial charge in [0.15, 0.2) is 0 Å². The maximum atomic E-state index is 11.1. The van der Waals surface area contributed by atoms with Gasteiger partial charge < -0.3 is 20.6 Å². The van der Waals surface area contributed by atoms with Gasteiger partial charge in [-0.15, -0.1) is 0 Å². The lowest BCUT2D eigenvalue weighted by atomic mass is 10.1. The summed E-state index contributed by atoms with van der Waals surface area (Å²) in [4.78, 5) is 11.1. The first-order chi connectivity index (χ1) is 7.95. The third kappa shape index (κ3) is 4.23. The molecule has 1 rings (SSSR count). The first-order valence-electron chi connectivity index (χ1n) is 4.70. The number of carboxylic acid groups (broad SMARTS) is 1. The summed E-state index contributed by atoms with van der Waals surface area (Å²) in [5, 5.41) is 29.8. The van der Waals surface area contributed by atoms with Crippen molar-refractivity contribution in [2.75, 3.05) is 18.5 Å². The number of aliphatic hydroxyl groups excluding tert-OH is 2. The molecule has 1 aromatic carbocycles. The third-order valence-electron chi connectivity index (χ3n) is 2.01. The van der Waals surface area contributed by atoms with Crippen molar-refractivity contribution < 1.29 is 20.1 Å². The number of rotatable bonds is 5. The highest BCUT2D eigenvalue weighted by molar-refractivity contribution is 14.1. The third-order valence-corrected chi connectivity index (χ3v) is 3.48. The molecule has 0 aliphatic rings. The summed E-state index contributed by atoms with van der Waals surface area (Å²) >= 11 is 4.07. The Labute approximate surface area is 126 Å². The van der Waals surface area contributed by atoms with E-state index in [-0.39, 0.29) is 18.7 Å². The van der Waals surface area contributed by atoms with Crippen LogP contribution in [-0.4, -0.2) is 40.5 Å². The van der Waals surface area contributed by atoms with Crippen LogP contribution in [0.1, 0.15) is 10.4 Å². The van der Waals surface area contributed by atoms with Gasteiger partial charge in [0.05, 0.1) is 24.0 Å². The topological polar surface area (TPSA) is 89.8 Å². The molecule has 0 amide bonds. The number of hydrogen-bond acceptors (Lipinski definition) is 4. The highest BCUT2D eigenvalue weighted by Crippen LogP contribution is 2.26. The van der Waals surface area contributed by atoms with Crippen LogP contribution in [0.4, 0.5) is 5.69 Å². The van der Waals surface area contributed by atoms with E-state index in [4.69, 9.17) is 10.2 Å². The normalized spacial score (nSPS) is 12.2. The van der Waals surface area contributed by atoms with Crippen molar-refractivity contribution in [3.63, 3.8) is 0 Å². The zero-order valence-corrected chi connectivity index (χ0v) is 13.0. The molecular formula is C10H11I2NO4. The van der Waals surface area contributed by atoms with Gasteiger partial charge in [-0.05, 0) is 57.3 Å². The molecule has 1 aromatic rings. The summed E-state index contributed by atoms with van der Waals surface area (Å²) in [5.74, 6) is -1.03. The van der Waals surface area contributed by atoms with E-state index < -0.39 is 12.1 Å². The first kappa shape index (κ1) is 14.9. The van der Waals surface area contributed by atoms with E-state index in [9.17, 15) is 9.90 Å². The minimum Gasteiger partial charge on any atom is -0.478 e. The molecule has 0 spiro atoms. The van der Waals surface area contributed by atoms with E-state index in [1.807, 2.05) is 51.2 Å². The molecule has 1 atom stereocenters. The first-order valence-corrected chi connectivity index (χ1v) is 6.86. The average molecular weight is 463 g/mol. The minimum atomic E-state index is -1.03. The molecule has 0 saturated heterocycles. The molecule has 0 radical (unpaired) electrons. The molecule has 0 bridgehead atoms. The van der Waals surface area contributed by atoms with Crippen molar-refractivity contribution in [3.8, 4) is 0 Å². The maximum absolute atomic E-state index is 11.1. The van der Waals surface area contributed by atoms with E-state index in [0.29, 0.717) is 5.69 Å². The molecule has 4 N–H and O–H groups in total. The van der Waals surface area contributed by atoms with Gasteiger partial charge in [0, 0.05) is 13.7 Å². The number of halogens is 2. The van der Waals surface area contributed by atoms with Crippen LogP contribution in [0.3, 0.4) is 0 Å². The van der Waals surface area contributed by atoms with Crippen LogP contribution in [-0.2, 0) is 0 Å². The molecule has 0 aliphatic carbocycles. The standard InChI is InChI=1S/C10H11I2NO4/c11-5-1-7(10(16)17)9(8(12)2-5)13-3-6(15)4-14/h1-2,6,13-15H,3-4H2,(H,16,17). The second-order valence-corrected chi connectivity index (χ2v) is 5.74. The van der Waals surface area contributed by atoms with Gasteiger partial charge in [0.25, 0.3) is 0 Å². The highest BCUT2D eigenvalue weighted by Gasteiger charge is 2.15. The van der Waals surface area contributed by atoms with Gasteiger partial charge in [-0.3, -0.25) is 0 Å².